The zero-order valence-corrected chi connectivity index (χ0v) is 9.99. The lowest BCUT2D eigenvalue weighted by Crippen LogP contribution is -2.20. The lowest BCUT2D eigenvalue weighted by Gasteiger charge is -2.16. The third kappa shape index (κ3) is 2.47. The molecule has 2 atom stereocenters. The van der Waals surface area contributed by atoms with Gasteiger partial charge in [-0.25, -0.2) is 0 Å². The van der Waals surface area contributed by atoms with Gasteiger partial charge in [0.05, 0.1) is 6.10 Å². The van der Waals surface area contributed by atoms with Crippen molar-refractivity contribution in [3.8, 4) is 0 Å². The van der Waals surface area contributed by atoms with Crippen LogP contribution in [0.2, 0.25) is 0 Å². The summed E-state index contributed by atoms with van der Waals surface area (Å²) in [6.45, 7) is 6.05. The Kier molecular flexibility index (Phi) is 3.34. The Balaban J connectivity index is 1.91. The molecule has 2 unspecified atom stereocenters. The van der Waals surface area contributed by atoms with Crippen LogP contribution in [0, 0.1) is 12.8 Å². The SMILES string of the molecule is Cc1cc(NCC2CCOC2C)ccc1N. The molecule has 0 radical (unpaired) electrons. The number of hydrogen-bond donors (Lipinski definition) is 2. The fourth-order valence-electron chi connectivity index (χ4n) is 2.08. The number of benzene rings is 1. The molecule has 1 fully saturated rings. The van der Waals surface area contributed by atoms with Gasteiger partial charge in [0.15, 0.2) is 0 Å². The summed E-state index contributed by atoms with van der Waals surface area (Å²) in [7, 11) is 0. The molecule has 1 saturated heterocycles. The number of nitrogens with one attached hydrogen (secondary N) is 1. The van der Waals surface area contributed by atoms with E-state index in [9.17, 15) is 0 Å². The second-order valence-corrected chi connectivity index (χ2v) is 4.58. The van der Waals surface area contributed by atoms with E-state index in [1.165, 1.54) is 0 Å². The first-order valence-electron chi connectivity index (χ1n) is 5.88. The van der Waals surface area contributed by atoms with Crippen LogP contribution in [0.15, 0.2) is 18.2 Å². The molecular weight excluding hydrogens is 200 g/mol. The minimum absolute atomic E-state index is 0.377. The molecule has 0 bridgehead atoms. The normalized spacial score (nSPS) is 24.6. The summed E-state index contributed by atoms with van der Waals surface area (Å²) in [5, 5.41) is 3.45. The Labute approximate surface area is 97.0 Å². The first-order valence-corrected chi connectivity index (χ1v) is 5.88. The van der Waals surface area contributed by atoms with E-state index in [0.717, 1.165) is 36.5 Å². The molecule has 1 aliphatic rings. The minimum Gasteiger partial charge on any atom is -0.399 e. The van der Waals surface area contributed by atoms with Crippen molar-refractivity contribution in [2.75, 3.05) is 24.2 Å². The number of anilines is 2. The van der Waals surface area contributed by atoms with Crippen LogP contribution in [0.1, 0.15) is 18.9 Å². The zero-order chi connectivity index (χ0) is 11.5. The molecule has 0 spiro atoms. The van der Waals surface area contributed by atoms with Crippen molar-refractivity contribution >= 4 is 11.4 Å². The van der Waals surface area contributed by atoms with Gasteiger partial charge in [0.1, 0.15) is 0 Å². The number of nitrogens with two attached hydrogens (primary N) is 1. The van der Waals surface area contributed by atoms with E-state index in [-0.39, 0.29) is 0 Å². The fraction of sp³-hybridized carbons (Fsp3) is 0.538. The number of aryl methyl sites for hydroxylation is 1. The summed E-state index contributed by atoms with van der Waals surface area (Å²) in [4.78, 5) is 0. The predicted octanol–water partition coefficient (Wildman–Crippen LogP) is 2.41. The van der Waals surface area contributed by atoms with Crippen LogP contribution in [0.5, 0.6) is 0 Å². The summed E-state index contributed by atoms with van der Waals surface area (Å²) < 4.78 is 5.54. The third-order valence-electron chi connectivity index (χ3n) is 3.37. The van der Waals surface area contributed by atoms with Crippen molar-refractivity contribution in [2.24, 2.45) is 5.92 Å². The molecule has 3 N–H and O–H groups in total. The summed E-state index contributed by atoms with van der Waals surface area (Å²) in [6.07, 6.45) is 1.53. The fourth-order valence-corrected chi connectivity index (χ4v) is 2.08. The molecule has 1 aromatic carbocycles. The highest BCUT2D eigenvalue weighted by atomic mass is 16.5. The first kappa shape index (κ1) is 11.3. The van der Waals surface area contributed by atoms with E-state index in [1.54, 1.807) is 0 Å². The van der Waals surface area contributed by atoms with Crippen LogP contribution >= 0.6 is 0 Å². The molecule has 0 saturated carbocycles. The maximum Gasteiger partial charge on any atom is 0.0592 e. The summed E-state index contributed by atoms with van der Waals surface area (Å²) in [5.41, 5.74) is 8.90. The zero-order valence-electron chi connectivity index (χ0n) is 9.99. The molecule has 16 heavy (non-hydrogen) atoms. The van der Waals surface area contributed by atoms with Crippen LogP contribution in [-0.4, -0.2) is 19.3 Å². The average Bonchev–Trinajstić information content (AvgIpc) is 2.66. The van der Waals surface area contributed by atoms with Gasteiger partial charge >= 0.3 is 0 Å². The van der Waals surface area contributed by atoms with E-state index in [1.807, 2.05) is 19.1 Å². The third-order valence-corrected chi connectivity index (χ3v) is 3.37. The Morgan fingerprint density at radius 1 is 1.50 bits per heavy atom. The van der Waals surface area contributed by atoms with Crippen LogP contribution in [0.3, 0.4) is 0 Å². The van der Waals surface area contributed by atoms with Gasteiger partial charge in [0.2, 0.25) is 0 Å². The second kappa shape index (κ2) is 4.74. The topological polar surface area (TPSA) is 47.3 Å². The van der Waals surface area contributed by atoms with E-state index in [4.69, 9.17) is 10.5 Å². The van der Waals surface area contributed by atoms with Crippen LogP contribution < -0.4 is 11.1 Å². The van der Waals surface area contributed by atoms with Crippen molar-refractivity contribution in [3.05, 3.63) is 23.8 Å². The largest absolute Gasteiger partial charge is 0.399 e. The standard InChI is InChI=1S/C13H20N2O/c1-9-7-12(3-4-13(9)14)15-8-11-5-6-16-10(11)2/h3-4,7,10-11,15H,5-6,8,14H2,1-2H3. The molecule has 0 amide bonds. The molecule has 3 heteroatoms. The Morgan fingerprint density at radius 2 is 2.31 bits per heavy atom. The molecule has 1 heterocycles. The van der Waals surface area contributed by atoms with Gasteiger partial charge in [-0.15, -0.1) is 0 Å². The van der Waals surface area contributed by atoms with Crippen molar-refractivity contribution in [1.29, 1.82) is 0 Å². The highest BCUT2D eigenvalue weighted by Gasteiger charge is 2.23. The van der Waals surface area contributed by atoms with Gasteiger partial charge in [-0.3, -0.25) is 0 Å². The minimum atomic E-state index is 0.377. The molecule has 0 aromatic heterocycles. The van der Waals surface area contributed by atoms with Crippen molar-refractivity contribution in [3.63, 3.8) is 0 Å². The van der Waals surface area contributed by atoms with E-state index in [2.05, 4.69) is 18.3 Å². The van der Waals surface area contributed by atoms with Gasteiger partial charge in [-0.05, 0) is 44.0 Å². The Hall–Kier alpha value is -1.22. The van der Waals surface area contributed by atoms with Gasteiger partial charge < -0.3 is 15.8 Å². The molecule has 1 aliphatic heterocycles. The molecular formula is C13H20N2O. The van der Waals surface area contributed by atoms with Crippen molar-refractivity contribution in [2.45, 2.75) is 26.4 Å². The van der Waals surface area contributed by atoms with Gasteiger partial charge in [0.25, 0.3) is 0 Å². The van der Waals surface area contributed by atoms with Crippen molar-refractivity contribution in [1.82, 2.24) is 0 Å². The lowest BCUT2D eigenvalue weighted by molar-refractivity contribution is 0.108. The maximum absolute atomic E-state index is 5.78. The van der Waals surface area contributed by atoms with Crippen LogP contribution in [-0.2, 0) is 4.74 Å². The van der Waals surface area contributed by atoms with E-state index < -0.39 is 0 Å². The van der Waals surface area contributed by atoms with E-state index in [0.29, 0.717) is 12.0 Å². The quantitative estimate of drug-likeness (QED) is 0.769. The summed E-state index contributed by atoms with van der Waals surface area (Å²) >= 11 is 0. The lowest BCUT2D eigenvalue weighted by atomic mass is 10.0. The van der Waals surface area contributed by atoms with Gasteiger partial charge in [0, 0.05) is 30.4 Å². The smallest absolute Gasteiger partial charge is 0.0592 e. The number of ether oxygens (including phenoxy) is 1. The van der Waals surface area contributed by atoms with Crippen LogP contribution in [0.25, 0.3) is 0 Å². The highest BCUT2D eigenvalue weighted by Crippen LogP contribution is 2.22. The highest BCUT2D eigenvalue weighted by molar-refractivity contribution is 5.56. The predicted molar refractivity (Wildman–Crippen MR) is 67.6 cm³/mol. The number of nitrogen functional groups attached to an aromatic ring is 1. The first-order chi connectivity index (χ1) is 7.66. The summed E-state index contributed by atoms with van der Waals surface area (Å²) in [5.74, 6) is 0.623. The second-order valence-electron chi connectivity index (χ2n) is 4.58. The average molecular weight is 220 g/mol. The number of rotatable bonds is 3. The van der Waals surface area contributed by atoms with E-state index >= 15 is 0 Å². The Morgan fingerprint density at radius 3 is 2.94 bits per heavy atom. The van der Waals surface area contributed by atoms with Crippen LogP contribution in [0.4, 0.5) is 11.4 Å². The van der Waals surface area contributed by atoms with Crippen molar-refractivity contribution < 1.29 is 4.74 Å². The number of hydrogen-bond acceptors (Lipinski definition) is 3. The molecule has 88 valence electrons. The molecule has 3 nitrogen and oxygen atoms in total. The van der Waals surface area contributed by atoms with Gasteiger partial charge in [-0.2, -0.15) is 0 Å². The maximum atomic E-state index is 5.78. The molecule has 1 aromatic rings. The Bertz CT molecular complexity index is 365. The van der Waals surface area contributed by atoms with Gasteiger partial charge in [-0.1, -0.05) is 0 Å². The summed E-state index contributed by atoms with van der Waals surface area (Å²) in [6, 6.07) is 6.07. The monoisotopic (exact) mass is 220 g/mol. The molecule has 0 aliphatic carbocycles. The molecule has 2 rings (SSSR count).